The molecule has 0 rings (SSSR count). The summed E-state index contributed by atoms with van der Waals surface area (Å²) < 4.78 is 0. The summed E-state index contributed by atoms with van der Waals surface area (Å²) in [5.41, 5.74) is 10.5. The average Bonchev–Trinajstić information content (AvgIpc) is 2.68. The van der Waals surface area contributed by atoms with Crippen LogP contribution in [-0.2, 0) is 33.6 Å². The Morgan fingerprint density at radius 2 is 1.24 bits per heavy atom. The second kappa shape index (κ2) is 14.4. The number of aliphatic carboxylic acids is 3. The van der Waals surface area contributed by atoms with Crippen molar-refractivity contribution in [1.82, 2.24) is 16.0 Å². The van der Waals surface area contributed by atoms with Crippen LogP contribution in [0, 0.1) is 5.92 Å². The Morgan fingerprint density at radius 1 is 0.735 bits per heavy atom. The van der Waals surface area contributed by atoms with E-state index >= 15 is 0 Å². The van der Waals surface area contributed by atoms with Crippen molar-refractivity contribution in [3.8, 4) is 0 Å². The van der Waals surface area contributed by atoms with Crippen LogP contribution in [0.3, 0.4) is 0 Å². The van der Waals surface area contributed by atoms with Gasteiger partial charge in [-0.1, -0.05) is 13.8 Å². The predicted molar refractivity (Wildman–Crippen MR) is 114 cm³/mol. The lowest BCUT2D eigenvalue weighted by atomic mass is 10.0. The maximum absolute atomic E-state index is 12.8. The third-order valence-corrected chi connectivity index (χ3v) is 4.37. The zero-order valence-electron chi connectivity index (χ0n) is 18.8. The van der Waals surface area contributed by atoms with E-state index in [4.69, 9.17) is 26.8 Å². The fourth-order valence-corrected chi connectivity index (χ4v) is 2.75. The minimum Gasteiger partial charge on any atom is -0.481 e. The lowest BCUT2D eigenvalue weighted by Crippen LogP contribution is -2.57. The van der Waals surface area contributed by atoms with Gasteiger partial charge in [0.2, 0.25) is 23.6 Å². The fourth-order valence-electron chi connectivity index (χ4n) is 2.75. The highest BCUT2D eigenvalue weighted by Gasteiger charge is 2.31. The zero-order chi connectivity index (χ0) is 26.6. The van der Waals surface area contributed by atoms with Crippen LogP contribution in [0.2, 0.25) is 0 Å². The minimum atomic E-state index is -1.71. The minimum absolute atomic E-state index is 0.0596. The van der Waals surface area contributed by atoms with Gasteiger partial charge in [0.1, 0.15) is 18.1 Å². The van der Waals surface area contributed by atoms with Crippen LogP contribution in [0.15, 0.2) is 0 Å². The topological polar surface area (TPSA) is 268 Å². The molecule has 0 heterocycles. The first-order valence-corrected chi connectivity index (χ1v) is 10.2. The molecule has 0 spiro atoms. The van der Waals surface area contributed by atoms with Crippen LogP contribution in [0.25, 0.3) is 0 Å². The van der Waals surface area contributed by atoms with Crippen LogP contribution < -0.4 is 27.4 Å². The number of hydrogen-bond donors (Lipinski definition) is 8. The van der Waals surface area contributed by atoms with Crippen LogP contribution >= 0.6 is 0 Å². The summed E-state index contributed by atoms with van der Waals surface area (Å²) in [5, 5.41) is 33.4. The Labute approximate surface area is 194 Å². The molecule has 0 bridgehead atoms. The first-order valence-electron chi connectivity index (χ1n) is 10.2. The summed E-state index contributed by atoms with van der Waals surface area (Å²) in [5.74, 6) is -8.29. The normalized spacial score (nSPS) is 14.2. The van der Waals surface area contributed by atoms with Gasteiger partial charge in [0.15, 0.2) is 0 Å². The van der Waals surface area contributed by atoms with Gasteiger partial charge in [0.05, 0.1) is 18.9 Å². The number of rotatable bonds is 16. The van der Waals surface area contributed by atoms with Gasteiger partial charge in [-0.05, 0) is 18.8 Å². The van der Waals surface area contributed by atoms with E-state index in [0.717, 1.165) is 0 Å². The lowest BCUT2D eigenvalue weighted by Gasteiger charge is -2.25. The summed E-state index contributed by atoms with van der Waals surface area (Å²) in [4.78, 5) is 81.6. The molecule has 34 heavy (non-hydrogen) atoms. The standard InChI is InChI=1S/C19H31N5O10/c1-8(2)5-11(23-16(30)9(20)6-15(28)29)18(32)22-10(3-4-14(26)27)17(31)24-12(19(33)34)7-13(21)25/h8-12H,3-7,20H2,1-2H3,(H2,21,25)(H,22,32)(H,23,30)(H,24,31)(H,26,27)(H,28,29)(H,33,34). The quantitative estimate of drug-likeness (QED) is 0.109. The third kappa shape index (κ3) is 12.3. The molecular formula is C19H31N5O10. The molecule has 0 aliphatic rings. The van der Waals surface area contributed by atoms with Gasteiger partial charge in [-0.2, -0.15) is 0 Å². The van der Waals surface area contributed by atoms with Crippen LogP contribution in [-0.4, -0.2) is 81.0 Å². The van der Waals surface area contributed by atoms with Gasteiger partial charge in [-0.3, -0.25) is 28.8 Å². The maximum Gasteiger partial charge on any atom is 0.326 e. The Hall–Kier alpha value is -3.75. The average molecular weight is 489 g/mol. The van der Waals surface area contributed by atoms with Crippen molar-refractivity contribution < 1.29 is 48.9 Å². The molecule has 0 aromatic heterocycles. The number of hydrogen-bond acceptors (Lipinski definition) is 8. The van der Waals surface area contributed by atoms with E-state index < -0.39 is 91.4 Å². The van der Waals surface area contributed by atoms with E-state index in [0.29, 0.717) is 0 Å². The lowest BCUT2D eigenvalue weighted by molar-refractivity contribution is -0.144. The highest BCUT2D eigenvalue weighted by molar-refractivity contribution is 5.95. The van der Waals surface area contributed by atoms with Crippen molar-refractivity contribution in [2.45, 2.75) is 70.1 Å². The Balaban J connectivity index is 5.61. The molecule has 0 saturated heterocycles. The molecule has 0 aliphatic heterocycles. The molecule has 0 aromatic rings. The first-order chi connectivity index (χ1) is 15.6. The van der Waals surface area contributed by atoms with Gasteiger partial charge in [0.25, 0.3) is 0 Å². The summed E-state index contributed by atoms with van der Waals surface area (Å²) in [6, 6.07) is -5.95. The number of nitrogens with two attached hydrogens (primary N) is 2. The second-order valence-electron chi connectivity index (χ2n) is 7.96. The van der Waals surface area contributed by atoms with E-state index in [1.807, 2.05) is 5.32 Å². The number of nitrogens with one attached hydrogen (secondary N) is 3. The van der Waals surface area contributed by atoms with E-state index in [9.17, 15) is 33.6 Å². The monoisotopic (exact) mass is 489 g/mol. The Morgan fingerprint density at radius 3 is 1.68 bits per heavy atom. The first kappa shape index (κ1) is 30.2. The SMILES string of the molecule is CC(C)CC(NC(=O)C(N)CC(=O)O)C(=O)NC(CCC(=O)O)C(=O)NC(CC(N)=O)C(=O)O. The van der Waals surface area contributed by atoms with Gasteiger partial charge in [-0.25, -0.2) is 4.79 Å². The summed E-state index contributed by atoms with van der Waals surface area (Å²) in [6.07, 6.45) is -2.38. The van der Waals surface area contributed by atoms with Crippen LogP contribution in [0.4, 0.5) is 0 Å². The van der Waals surface area contributed by atoms with E-state index in [-0.39, 0.29) is 12.3 Å². The van der Waals surface area contributed by atoms with Gasteiger partial charge in [0, 0.05) is 6.42 Å². The van der Waals surface area contributed by atoms with Crippen LogP contribution in [0.5, 0.6) is 0 Å². The number of amides is 4. The summed E-state index contributed by atoms with van der Waals surface area (Å²) >= 11 is 0. The number of carboxylic acids is 3. The maximum atomic E-state index is 12.8. The highest BCUT2D eigenvalue weighted by Crippen LogP contribution is 2.08. The van der Waals surface area contributed by atoms with Gasteiger partial charge < -0.3 is 42.7 Å². The molecule has 10 N–H and O–H groups in total. The number of primary amides is 1. The largest absolute Gasteiger partial charge is 0.481 e. The fraction of sp³-hybridized carbons (Fsp3) is 0.632. The smallest absolute Gasteiger partial charge is 0.326 e. The van der Waals surface area contributed by atoms with E-state index in [1.165, 1.54) is 0 Å². The molecule has 0 radical (unpaired) electrons. The highest BCUT2D eigenvalue weighted by atomic mass is 16.4. The molecule has 0 saturated carbocycles. The molecule has 192 valence electrons. The Kier molecular flexibility index (Phi) is 12.8. The number of carbonyl (C=O) groups excluding carboxylic acids is 4. The van der Waals surface area contributed by atoms with Crippen LogP contribution in [0.1, 0.15) is 46.0 Å². The third-order valence-electron chi connectivity index (χ3n) is 4.37. The molecule has 0 aromatic carbocycles. The van der Waals surface area contributed by atoms with E-state index in [2.05, 4.69) is 10.6 Å². The molecule has 4 amide bonds. The van der Waals surface area contributed by atoms with E-state index in [1.54, 1.807) is 13.8 Å². The molecule has 4 atom stereocenters. The van der Waals surface area contributed by atoms with Crippen molar-refractivity contribution in [3.63, 3.8) is 0 Å². The number of carbonyl (C=O) groups is 7. The van der Waals surface area contributed by atoms with Crippen molar-refractivity contribution >= 4 is 41.5 Å². The second-order valence-corrected chi connectivity index (χ2v) is 7.96. The predicted octanol–water partition coefficient (Wildman–Crippen LogP) is -2.89. The van der Waals surface area contributed by atoms with Crippen molar-refractivity contribution in [2.75, 3.05) is 0 Å². The molecule has 4 unspecified atom stereocenters. The summed E-state index contributed by atoms with van der Waals surface area (Å²) in [7, 11) is 0. The van der Waals surface area contributed by atoms with Gasteiger partial charge >= 0.3 is 17.9 Å². The number of carboxylic acid groups (broad SMARTS) is 3. The zero-order valence-corrected chi connectivity index (χ0v) is 18.8. The van der Waals surface area contributed by atoms with Crippen molar-refractivity contribution in [1.29, 1.82) is 0 Å². The van der Waals surface area contributed by atoms with Gasteiger partial charge in [-0.15, -0.1) is 0 Å². The van der Waals surface area contributed by atoms with Crippen molar-refractivity contribution in [3.05, 3.63) is 0 Å². The Bertz CT molecular complexity index is 800. The van der Waals surface area contributed by atoms with Crippen molar-refractivity contribution in [2.24, 2.45) is 17.4 Å². The molecule has 0 fully saturated rings. The molecular weight excluding hydrogens is 458 g/mol. The molecule has 15 heteroatoms. The summed E-state index contributed by atoms with van der Waals surface area (Å²) in [6.45, 7) is 3.44. The molecule has 0 aliphatic carbocycles. The molecule has 15 nitrogen and oxygen atoms in total.